The number of hydrogen-bond acceptors (Lipinski definition) is 2. The second-order valence-electron chi connectivity index (χ2n) is 5.15. The van der Waals surface area contributed by atoms with E-state index >= 15 is 0 Å². The van der Waals surface area contributed by atoms with E-state index in [1.54, 1.807) is 0 Å². The summed E-state index contributed by atoms with van der Waals surface area (Å²) in [6.07, 6.45) is 1.87. The van der Waals surface area contributed by atoms with Crippen molar-refractivity contribution in [3.8, 4) is 5.75 Å². The summed E-state index contributed by atoms with van der Waals surface area (Å²) in [5.74, 6) is 0.739. The molecule has 0 radical (unpaired) electrons. The number of hydrogen-bond donors (Lipinski definition) is 1. The van der Waals surface area contributed by atoms with Crippen LogP contribution in [0.15, 0.2) is 46.9 Å². The minimum Gasteiger partial charge on any atom is -0.493 e. The molecule has 0 aliphatic rings. The summed E-state index contributed by atoms with van der Waals surface area (Å²) >= 11 is 3.50. The highest BCUT2D eigenvalue weighted by Gasteiger charge is 2.04. The zero-order chi connectivity index (χ0) is 15.8. The molecular formula is C18H21BrFNO. The van der Waals surface area contributed by atoms with Gasteiger partial charge in [-0.3, -0.25) is 0 Å². The van der Waals surface area contributed by atoms with Crippen molar-refractivity contribution in [1.29, 1.82) is 0 Å². The second-order valence-corrected chi connectivity index (χ2v) is 6.07. The zero-order valence-electron chi connectivity index (χ0n) is 12.7. The Morgan fingerprint density at radius 3 is 2.64 bits per heavy atom. The molecule has 0 saturated heterocycles. The second kappa shape index (κ2) is 8.91. The Hall–Kier alpha value is -1.39. The van der Waals surface area contributed by atoms with Crippen LogP contribution < -0.4 is 10.1 Å². The van der Waals surface area contributed by atoms with Crippen molar-refractivity contribution in [2.75, 3.05) is 13.2 Å². The molecule has 4 heteroatoms. The molecule has 0 heterocycles. The summed E-state index contributed by atoms with van der Waals surface area (Å²) in [5, 5.41) is 3.41. The van der Waals surface area contributed by atoms with Crippen LogP contribution in [0, 0.1) is 5.82 Å². The molecule has 0 bridgehead atoms. The molecule has 2 rings (SSSR count). The van der Waals surface area contributed by atoms with Gasteiger partial charge in [0, 0.05) is 16.6 Å². The number of rotatable bonds is 8. The third-order valence-electron chi connectivity index (χ3n) is 3.30. The minimum absolute atomic E-state index is 0.191. The van der Waals surface area contributed by atoms with E-state index in [0.717, 1.165) is 53.9 Å². The van der Waals surface area contributed by atoms with E-state index < -0.39 is 0 Å². The van der Waals surface area contributed by atoms with Crippen LogP contribution in [-0.4, -0.2) is 13.2 Å². The standard InChI is InChI=1S/C18H21BrFNO/c1-2-11-22-18-8-5-16(19)12-15(18)13-21-10-9-14-3-6-17(20)7-4-14/h3-8,12,21H,2,9-11,13H2,1H3. The van der Waals surface area contributed by atoms with Gasteiger partial charge < -0.3 is 10.1 Å². The summed E-state index contributed by atoms with van der Waals surface area (Å²) < 4.78 is 19.7. The number of halogens is 2. The molecule has 2 aromatic rings. The first kappa shape index (κ1) is 17.0. The SMILES string of the molecule is CCCOc1ccc(Br)cc1CNCCc1ccc(F)cc1. The van der Waals surface area contributed by atoms with Gasteiger partial charge in [-0.2, -0.15) is 0 Å². The van der Waals surface area contributed by atoms with Crippen molar-refractivity contribution in [1.82, 2.24) is 5.32 Å². The average molecular weight is 366 g/mol. The van der Waals surface area contributed by atoms with E-state index in [1.807, 2.05) is 24.3 Å². The van der Waals surface area contributed by atoms with Crippen LogP contribution in [0.5, 0.6) is 5.75 Å². The smallest absolute Gasteiger partial charge is 0.123 e. The van der Waals surface area contributed by atoms with E-state index in [0.29, 0.717) is 0 Å². The first-order valence-electron chi connectivity index (χ1n) is 7.55. The molecule has 0 aliphatic carbocycles. The Morgan fingerprint density at radius 2 is 1.91 bits per heavy atom. The van der Waals surface area contributed by atoms with Gasteiger partial charge in [-0.25, -0.2) is 4.39 Å². The lowest BCUT2D eigenvalue weighted by atomic mass is 10.1. The molecular weight excluding hydrogens is 345 g/mol. The first-order chi connectivity index (χ1) is 10.7. The Kier molecular flexibility index (Phi) is 6.87. The highest BCUT2D eigenvalue weighted by molar-refractivity contribution is 9.10. The molecule has 0 atom stereocenters. The van der Waals surface area contributed by atoms with Gasteiger partial charge in [0.1, 0.15) is 11.6 Å². The monoisotopic (exact) mass is 365 g/mol. The van der Waals surface area contributed by atoms with Crippen molar-refractivity contribution in [2.45, 2.75) is 26.3 Å². The maximum atomic E-state index is 12.8. The predicted octanol–water partition coefficient (Wildman–Crippen LogP) is 4.71. The molecule has 118 valence electrons. The van der Waals surface area contributed by atoms with Gasteiger partial charge in [-0.1, -0.05) is 35.0 Å². The van der Waals surface area contributed by atoms with Gasteiger partial charge in [-0.05, 0) is 55.3 Å². The van der Waals surface area contributed by atoms with Gasteiger partial charge in [0.25, 0.3) is 0 Å². The van der Waals surface area contributed by atoms with Gasteiger partial charge in [0.2, 0.25) is 0 Å². The van der Waals surface area contributed by atoms with Crippen LogP contribution in [-0.2, 0) is 13.0 Å². The van der Waals surface area contributed by atoms with E-state index in [-0.39, 0.29) is 5.82 Å². The highest BCUT2D eigenvalue weighted by atomic mass is 79.9. The number of ether oxygens (including phenoxy) is 1. The van der Waals surface area contributed by atoms with Gasteiger partial charge in [0.15, 0.2) is 0 Å². The van der Waals surface area contributed by atoms with Crippen LogP contribution in [0.4, 0.5) is 4.39 Å². The molecule has 0 saturated carbocycles. The van der Waals surface area contributed by atoms with Crippen molar-refractivity contribution in [2.24, 2.45) is 0 Å². The van der Waals surface area contributed by atoms with Gasteiger partial charge >= 0.3 is 0 Å². The minimum atomic E-state index is -0.191. The lowest BCUT2D eigenvalue weighted by Crippen LogP contribution is -2.17. The predicted molar refractivity (Wildman–Crippen MR) is 91.7 cm³/mol. The van der Waals surface area contributed by atoms with Gasteiger partial charge in [-0.15, -0.1) is 0 Å². The van der Waals surface area contributed by atoms with Crippen LogP contribution in [0.1, 0.15) is 24.5 Å². The molecule has 0 aliphatic heterocycles. The number of benzene rings is 2. The summed E-state index contributed by atoms with van der Waals surface area (Å²) in [6, 6.07) is 12.7. The van der Waals surface area contributed by atoms with E-state index in [2.05, 4.69) is 34.2 Å². The summed E-state index contributed by atoms with van der Waals surface area (Å²) in [5.41, 5.74) is 2.27. The molecule has 0 fully saturated rings. The summed E-state index contributed by atoms with van der Waals surface area (Å²) in [6.45, 7) is 4.41. The van der Waals surface area contributed by atoms with E-state index in [1.165, 1.54) is 12.1 Å². The maximum absolute atomic E-state index is 12.8. The van der Waals surface area contributed by atoms with Crippen LogP contribution >= 0.6 is 15.9 Å². The van der Waals surface area contributed by atoms with E-state index in [9.17, 15) is 4.39 Å². The molecule has 0 aromatic heterocycles. The quantitative estimate of drug-likeness (QED) is 0.684. The topological polar surface area (TPSA) is 21.3 Å². The normalized spacial score (nSPS) is 10.7. The van der Waals surface area contributed by atoms with Gasteiger partial charge in [0.05, 0.1) is 6.61 Å². The van der Waals surface area contributed by atoms with E-state index in [4.69, 9.17) is 4.74 Å². The molecule has 2 nitrogen and oxygen atoms in total. The lowest BCUT2D eigenvalue weighted by molar-refractivity contribution is 0.313. The van der Waals surface area contributed by atoms with Crippen molar-refractivity contribution in [3.05, 3.63) is 63.9 Å². The van der Waals surface area contributed by atoms with Crippen molar-refractivity contribution >= 4 is 15.9 Å². The van der Waals surface area contributed by atoms with Crippen molar-refractivity contribution in [3.63, 3.8) is 0 Å². The fourth-order valence-electron chi connectivity index (χ4n) is 2.15. The molecule has 2 aromatic carbocycles. The summed E-state index contributed by atoms with van der Waals surface area (Å²) in [7, 11) is 0. The third-order valence-corrected chi connectivity index (χ3v) is 3.80. The summed E-state index contributed by atoms with van der Waals surface area (Å²) in [4.78, 5) is 0. The molecule has 0 unspecified atom stereocenters. The Bertz CT molecular complexity index is 586. The largest absolute Gasteiger partial charge is 0.493 e. The van der Waals surface area contributed by atoms with Crippen LogP contribution in [0.2, 0.25) is 0 Å². The Labute approximate surface area is 139 Å². The molecule has 0 spiro atoms. The number of nitrogens with one attached hydrogen (secondary N) is 1. The average Bonchev–Trinajstić information content (AvgIpc) is 2.52. The Morgan fingerprint density at radius 1 is 1.14 bits per heavy atom. The fraction of sp³-hybridized carbons (Fsp3) is 0.333. The third kappa shape index (κ3) is 5.43. The molecule has 0 amide bonds. The molecule has 1 N–H and O–H groups in total. The van der Waals surface area contributed by atoms with Crippen molar-refractivity contribution < 1.29 is 9.13 Å². The van der Waals surface area contributed by atoms with Crippen LogP contribution in [0.25, 0.3) is 0 Å². The molecule has 22 heavy (non-hydrogen) atoms. The zero-order valence-corrected chi connectivity index (χ0v) is 14.3. The first-order valence-corrected chi connectivity index (χ1v) is 8.34. The fourth-order valence-corrected chi connectivity index (χ4v) is 2.55. The lowest BCUT2D eigenvalue weighted by Gasteiger charge is -2.12. The highest BCUT2D eigenvalue weighted by Crippen LogP contribution is 2.23. The Balaban J connectivity index is 1.85. The van der Waals surface area contributed by atoms with Crippen LogP contribution in [0.3, 0.4) is 0 Å². The maximum Gasteiger partial charge on any atom is 0.123 e.